The molecular formula is C25H29ClN2O4. The van der Waals surface area contributed by atoms with E-state index in [4.69, 9.17) is 25.8 Å². The molecule has 2 N–H and O–H groups in total. The van der Waals surface area contributed by atoms with Crippen molar-refractivity contribution in [2.75, 3.05) is 33.5 Å². The zero-order valence-corrected chi connectivity index (χ0v) is 19.2. The minimum atomic E-state index is -0.475. The fourth-order valence-corrected chi connectivity index (χ4v) is 4.68. The molecule has 0 aliphatic carbocycles. The lowest BCUT2D eigenvalue weighted by molar-refractivity contribution is -0.147. The summed E-state index contributed by atoms with van der Waals surface area (Å²) in [5, 5.41) is 5.24. The molecule has 0 fully saturated rings. The van der Waals surface area contributed by atoms with E-state index in [1.165, 1.54) is 5.56 Å². The van der Waals surface area contributed by atoms with Gasteiger partial charge in [-0.25, -0.2) is 0 Å². The number of rotatable bonds is 9. The lowest BCUT2D eigenvalue weighted by Gasteiger charge is -2.31. The maximum absolute atomic E-state index is 12.8. The molecule has 0 saturated heterocycles. The van der Waals surface area contributed by atoms with Crippen LogP contribution in [0.25, 0.3) is 10.9 Å². The van der Waals surface area contributed by atoms with Gasteiger partial charge in [-0.2, -0.15) is 0 Å². The normalized spacial score (nSPS) is 18.0. The third-order valence-electron chi connectivity index (χ3n) is 5.91. The molecule has 0 spiro atoms. The van der Waals surface area contributed by atoms with E-state index in [2.05, 4.69) is 34.6 Å². The van der Waals surface area contributed by atoms with Crippen LogP contribution in [0.3, 0.4) is 0 Å². The van der Waals surface area contributed by atoms with Crippen molar-refractivity contribution in [3.63, 3.8) is 0 Å². The summed E-state index contributed by atoms with van der Waals surface area (Å²) in [7, 11) is 1.64. The topological polar surface area (TPSA) is 72.6 Å². The van der Waals surface area contributed by atoms with Gasteiger partial charge in [0.15, 0.2) is 0 Å². The summed E-state index contributed by atoms with van der Waals surface area (Å²) < 4.78 is 16.4. The van der Waals surface area contributed by atoms with Crippen molar-refractivity contribution < 1.29 is 19.0 Å². The number of fused-ring (bicyclic) bond motifs is 3. The van der Waals surface area contributed by atoms with Crippen LogP contribution >= 0.6 is 11.6 Å². The average Bonchev–Trinajstić information content (AvgIpc) is 3.18. The first-order chi connectivity index (χ1) is 15.6. The summed E-state index contributed by atoms with van der Waals surface area (Å²) in [6, 6.07) is 13.7. The van der Waals surface area contributed by atoms with Crippen molar-refractivity contribution in [3.05, 3.63) is 69.9 Å². The molecular weight excluding hydrogens is 428 g/mol. The van der Waals surface area contributed by atoms with Crippen LogP contribution in [0, 0.1) is 0 Å². The van der Waals surface area contributed by atoms with E-state index < -0.39 is 6.04 Å². The monoisotopic (exact) mass is 456 g/mol. The molecule has 6 nitrogen and oxygen atoms in total. The Hall–Kier alpha value is -2.38. The summed E-state index contributed by atoms with van der Waals surface area (Å²) in [6.45, 7) is 4.08. The van der Waals surface area contributed by atoms with Crippen molar-refractivity contribution in [2.45, 2.75) is 31.8 Å². The van der Waals surface area contributed by atoms with Gasteiger partial charge in [0.2, 0.25) is 0 Å². The molecule has 2 unspecified atom stereocenters. The van der Waals surface area contributed by atoms with Gasteiger partial charge < -0.3 is 19.2 Å². The van der Waals surface area contributed by atoms with E-state index in [9.17, 15) is 4.79 Å². The SMILES string of the molecule is CCOC(=O)C1NCc2[nH]c3cccc(Cc4ccccc4Cl)c3c2C1COCCOC. The molecule has 4 rings (SSSR count). The molecule has 2 aromatic carbocycles. The highest BCUT2D eigenvalue weighted by atomic mass is 35.5. The van der Waals surface area contributed by atoms with Crippen LogP contribution in [0.2, 0.25) is 5.02 Å². The van der Waals surface area contributed by atoms with Crippen LogP contribution in [-0.4, -0.2) is 50.5 Å². The molecule has 3 aromatic rings. The van der Waals surface area contributed by atoms with Crippen molar-refractivity contribution in [3.8, 4) is 0 Å². The summed E-state index contributed by atoms with van der Waals surface area (Å²) >= 11 is 6.46. The third kappa shape index (κ3) is 4.69. The summed E-state index contributed by atoms with van der Waals surface area (Å²) in [4.78, 5) is 16.3. The van der Waals surface area contributed by atoms with Gasteiger partial charge in [-0.1, -0.05) is 41.9 Å². The molecule has 32 heavy (non-hydrogen) atoms. The number of carbonyl (C=O) groups is 1. The number of halogens is 1. The summed E-state index contributed by atoms with van der Waals surface area (Å²) in [6.07, 6.45) is 0.704. The third-order valence-corrected chi connectivity index (χ3v) is 6.28. The zero-order chi connectivity index (χ0) is 22.5. The van der Waals surface area contributed by atoms with Crippen LogP contribution in [0.15, 0.2) is 42.5 Å². The number of hydrogen-bond donors (Lipinski definition) is 2. The molecule has 2 heterocycles. The first-order valence-corrected chi connectivity index (χ1v) is 11.3. The van der Waals surface area contributed by atoms with Gasteiger partial charge in [-0.3, -0.25) is 10.1 Å². The molecule has 1 aliphatic rings. The number of H-pyrrole nitrogens is 1. The Morgan fingerprint density at radius 2 is 1.94 bits per heavy atom. The Bertz CT molecular complexity index is 1080. The number of aromatic amines is 1. The predicted octanol–water partition coefficient (Wildman–Crippen LogP) is 4.19. The number of carbonyl (C=O) groups excluding carboxylic acids is 1. The van der Waals surface area contributed by atoms with E-state index in [-0.39, 0.29) is 11.9 Å². The highest BCUT2D eigenvalue weighted by molar-refractivity contribution is 6.31. The van der Waals surface area contributed by atoms with Crippen molar-refractivity contribution in [2.24, 2.45) is 0 Å². The molecule has 0 radical (unpaired) electrons. The standard InChI is InChI=1S/C25H29ClN2O4/c1-3-32-25(29)24-18(15-31-12-11-30-2)23-21(14-27-24)28-20-10-6-8-17(22(20)23)13-16-7-4-5-9-19(16)26/h4-10,18,24,27-28H,3,11-15H2,1-2H3. The maximum Gasteiger partial charge on any atom is 0.323 e. The molecule has 2 atom stereocenters. The number of ether oxygens (including phenoxy) is 3. The first kappa shape index (κ1) is 22.8. The Labute approximate surface area is 193 Å². The molecule has 0 saturated carbocycles. The van der Waals surface area contributed by atoms with Gasteiger partial charge in [-0.15, -0.1) is 0 Å². The molecule has 0 amide bonds. The van der Waals surface area contributed by atoms with Crippen LogP contribution in [0.5, 0.6) is 0 Å². The van der Waals surface area contributed by atoms with E-state index in [1.54, 1.807) is 7.11 Å². The van der Waals surface area contributed by atoms with E-state index in [1.807, 2.05) is 25.1 Å². The van der Waals surface area contributed by atoms with Gasteiger partial charge >= 0.3 is 5.97 Å². The molecule has 170 valence electrons. The Balaban J connectivity index is 1.76. The quantitative estimate of drug-likeness (QED) is 0.373. The molecule has 1 aromatic heterocycles. The highest BCUT2D eigenvalue weighted by Crippen LogP contribution is 2.38. The first-order valence-electron chi connectivity index (χ1n) is 11.0. The number of benzene rings is 2. The smallest absolute Gasteiger partial charge is 0.323 e. The minimum Gasteiger partial charge on any atom is -0.465 e. The second kappa shape index (κ2) is 10.5. The van der Waals surface area contributed by atoms with Crippen LogP contribution in [-0.2, 0) is 32.0 Å². The second-order valence-electron chi connectivity index (χ2n) is 7.91. The fourth-order valence-electron chi connectivity index (χ4n) is 4.48. The highest BCUT2D eigenvalue weighted by Gasteiger charge is 2.38. The van der Waals surface area contributed by atoms with Crippen LogP contribution in [0.1, 0.15) is 35.2 Å². The number of esters is 1. The maximum atomic E-state index is 12.8. The lowest BCUT2D eigenvalue weighted by atomic mass is 9.84. The minimum absolute atomic E-state index is 0.184. The van der Waals surface area contributed by atoms with Crippen molar-refractivity contribution >= 4 is 28.5 Å². The van der Waals surface area contributed by atoms with E-state index >= 15 is 0 Å². The van der Waals surface area contributed by atoms with Gasteiger partial charge in [0.25, 0.3) is 0 Å². The Kier molecular flexibility index (Phi) is 7.48. The number of hydrogen-bond acceptors (Lipinski definition) is 5. The fraction of sp³-hybridized carbons (Fsp3) is 0.400. The molecule has 7 heteroatoms. The number of methoxy groups -OCH3 is 1. The Morgan fingerprint density at radius 1 is 1.12 bits per heavy atom. The van der Waals surface area contributed by atoms with Gasteiger partial charge in [0.1, 0.15) is 6.04 Å². The van der Waals surface area contributed by atoms with Crippen molar-refractivity contribution in [1.29, 1.82) is 0 Å². The van der Waals surface area contributed by atoms with Crippen LogP contribution < -0.4 is 5.32 Å². The predicted molar refractivity (Wildman–Crippen MR) is 125 cm³/mol. The molecule has 1 aliphatic heterocycles. The van der Waals surface area contributed by atoms with Gasteiger partial charge in [-0.05, 0) is 42.2 Å². The lowest BCUT2D eigenvalue weighted by Crippen LogP contribution is -2.47. The van der Waals surface area contributed by atoms with Gasteiger partial charge in [0.05, 0.1) is 26.4 Å². The largest absolute Gasteiger partial charge is 0.465 e. The number of aromatic nitrogens is 1. The van der Waals surface area contributed by atoms with E-state index in [0.29, 0.717) is 39.4 Å². The summed E-state index contributed by atoms with van der Waals surface area (Å²) in [5.74, 6) is -0.438. The van der Waals surface area contributed by atoms with Crippen molar-refractivity contribution in [1.82, 2.24) is 10.3 Å². The Morgan fingerprint density at radius 3 is 2.72 bits per heavy atom. The van der Waals surface area contributed by atoms with E-state index in [0.717, 1.165) is 32.7 Å². The van der Waals surface area contributed by atoms with Gasteiger partial charge in [0, 0.05) is 41.2 Å². The number of nitrogens with one attached hydrogen (secondary N) is 2. The van der Waals surface area contributed by atoms with Crippen LogP contribution in [0.4, 0.5) is 0 Å². The second-order valence-corrected chi connectivity index (χ2v) is 8.32. The molecule has 0 bridgehead atoms. The zero-order valence-electron chi connectivity index (χ0n) is 18.4. The average molecular weight is 457 g/mol. The summed E-state index contributed by atoms with van der Waals surface area (Å²) in [5.41, 5.74) is 5.48.